The number of nitrogens with zero attached hydrogens (tertiary/aromatic N) is 2. The Kier molecular flexibility index (Phi) is 2.85. The molecular weight excluding hydrogens is 146 g/mol. The quantitative estimate of drug-likeness (QED) is 0.610. The van der Waals surface area contributed by atoms with Crippen LogP contribution in [0.3, 0.4) is 0 Å². The lowest BCUT2D eigenvalue weighted by Crippen LogP contribution is -2.03. The van der Waals surface area contributed by atoms with Gasteiger partial charge in [0.1, 0.15) is 0 Å². The van der Waals surface area contributed by atoms with E-state index in [-0.39, 0.29) is 6.61 Å². The van der Waals surface area contributed by atoms with Crippen LogP contribution in [0, 0.1) is 6.92 Å². The van der Waals surface area contributed by atoms with Crippen LogP contribution in [0.15, 0.2) is 4.42 Å². The standard InChI is InChI=1S/C6H11N3O2/c1-5-8-9-6(11-5)7-3-2-4-10/h10H,2-4H2,1H3,(H,7,9). The molecule has 0 fully saturated rings. The van der Waals surface area contributed by atoms with E-state index in [1.807, 2.05) is 0 Å². The van der Waals surface area contributed by atoms with Crippen molar-refractivity contribution >= 4 is 6.01 Å². The van der Waals surface area contributed by atoms with E-state index in [9.17, 15) is 0 Å². The lowest BCUT2D eigenvalue weighted by atomic mass is 10.5. The third kappa shape index (κ3) is 2.55. The number of nitrogens with one attached hydrogen (secondary N) is 1. The van der Waals surface area contributed by atoms with Gasteiger partial charge in [-0.3, -0.25) is 0 Å². The predicted octanol–water partition coefficient (Wildman–Crippen LogP) is 0.172. The van der Waals surface area contributed by atoms with Crippen molar-refractivity contribution < 1.29 is 9.52 Å². The van der Waals surface area contributed by atoms with Crippen LogP contribution in [-0.4, -0.2) is 28.5 Å². The molecule has 0 atom stereocenters. The summed E-state index contributed by atoms with van der Waals surface area (Å²) >= 11 is 0. The maximum absolute atomic E-state index is 8.44. The number of aryl methyl sites for hydroxylation is 1. The van der Waals surface area contributed by atoms with E-state index in [1.54, 1.807) is 6.92 Å². The Morgan fingerprint density at radius 3 is 2.91 bits per heavy atom. The van der Waals surface area contributed by atoms with Crippen molar-refractivity contribution in [1.29, 1.82) is 0 Å². The second-order valence-corrected chi connectivity index (χ2v) is 2.13. The fraction of sp³-hybridized carbons (Fsp3) is 0.667. The molecule has 1 rings (SSSR count). The molecule has 1 heterocycles. The van der Waals surface area contributed by atoms with Crippen molar-refractivity contribution in [3.63, 3.8) is 0 Å². The Labute approximate surface area is 64.4 Å². The normalized spacial score (nSPS) is 10.0. The summed E-state index contributed by atoms with van der Waals surface area (Å²) in [4.78, 5) is 0. The van der Waals surface area contributed by atoms with Gasteiger partial charge in [0.2, 0.25) is 5.89 Å². The summed E-state index contributed by atoms with van der Waals surface area (Å²) in [5, 5.41) is 18.6. The van der Waals surface area contributed by atoms with Crippen LogP contribution in [-0.2, 0) is 0 Å². The topological polar surface area (TPSA) is 71.2 Å². The van der Waals surface area contributed by atoms with Crippen molar-refractivity contribution in [2.75, 3.05) is 18.5 Å². The van der Waals surface area contributed by atoms with Gasteiger partial charge in [-0.15, -0.1) is 5.10 Å². The van der Waals surface area contributed by atoms with E-state index >= 15 is 0 Å². The van der Waals surface area contributed by atoms with E-state index in [2.05, 4.69) is 15.5 Å². The summed E-state index contributed by atoms with van der Waals surface area (Å²) in [6.07, 6.45) is 0.682. The van der Waals surface area contributed by atoms with E-state index in [1.165, 1.54) is 0 Å². The second kappa shape index (κ2) is 3.92. The molecule has 5 heteroatoms. The van der Waals surface area contributed by atoms with Crippen LogP contribution in [0.5, 0.6) is 0 Å². The third-order valence-electron chi connectivity index (χ3n) is 1.14. The highest BCUT2D eigenvalue weighted by atomic mass is 16.4. The molecule has 0 radical (unpaired) electrons. The van der Waals surface area contributed by atoms with Crippen molar-refractivity contribution in [1.82, 2.24) is 10.2 Å². The largest absolute Gasteiger partial charge is 0.408 e. The molecule has 62 valence electrons. The van der Waals surface area contributed by atoms with Gasteiger partial charge in [-0.1, -0.05) is 5.10 Å². The number of rotatable bonds is 4. The number of anilines is 1. The number of hydrogen-bond acceptors (Lipinski definition) is 5. The van der Waals surface area contributed by atoms with Gasteiger partial charge < -0.3 is 14.8 Å². The van der Waals surface area contributed by atoms with Crippen LogP contribution < -0.4 is 5.32 Å². The molecule has 1 aromatic heterocycles. The Morgan fingerprint density at radius 2 is 2.36 bits per heavy atom. The average molecular weight is 157 g/mol. The first kappa shape index (κ1) is 8.00. The maximum Gasteiger partial charge on any atom is 0.315 e. The molecule has 2 N–H and O–H groups in total. The highest BCUT2D eigenvalue weighted by Gasteiger charge is 1.98. The Bertz CT molecular complexity index is 211. The van der Waals surface area contributed by atoms with Gasteiger partial charge >= 0.3 is 6.01 Å². The summed E-state index contributed by atoms with van der Waals surface area (Å²) in [5.74, 6) is 0.538. The van der Waals surface area contributed by atoms with E-state index < -0.39 is 0 Å². The van der Waals surface area contributed by atoms with Gasteiger partial charge in [-0.05, 0) is 6.42 Å². The number of aliphatic hydroxyl groups is 1. The molecule has 0 amide bonds. The number of aromatic nitrogens is 2. The molecule has 11 heavy (non-hydrogen) atoms. The van der Waals surface area contributed by atoms with Crippen molar-refractivity contribution in [2.24, 2.45) is 0 Å². The van der Waals surface area contributed by atoms with Crippen molar-refractivity contribution in [2.45, 2.75) is 13.3 Å². The van der Waals surface area contributed by atoms with Crippen molar-refractivity contribution in [3.05, 3.63) is 5.89 Å². The minimum Gasteiger partial charge on any atom is -0.408 e. The molecule has 1 aromatic rings. The zero-order valence-corrected chi connectivity index (χ0v) is 6.37. The lowest BCUT2D eigenvalue weighted by molar-refractivity contribution is 0.292. The molecular formula is C6H11N3O2. The van der Waals surface area contributed by atoms with E-state index in [0.717, 1.165) is 0 Å². The van der Waals surface area contributed by atoms with Crippen molar-refractivity contribution in [3.8, 4) is 0 Å². The average Bonchev–Trinajstić information content (AvgIpc) is 2.37. The molecule has 0 aliphatic rings. The Balaban J connectivity index is 2.27. The van der Waals surface area contributed by atoms with Gasteiger partial charge in [-0.25, -0.2) is 0 Å². The summed E-state index contributed by atoms with van der Waals surface area (Å²) < 4.78 is 5.02. The smallest absolute Gasteiger partial charge is 0.315 e. The monoisotopic (exact) mass is 157 g/mol. The highest BCUT2D eigenvalue weighted by molar-refractivity contribution is 5.15. The van der Waals surface area contributed by atoms with Crippen LogP contribution in [0.25, 0.3) is 0 Å². The Morgan fingerprint density at radius 1 is 1.55 bits per heavy atom. The summed E-state index contributed by atoms with van der Waals surface area (Å²) in [6, 6.07) is 0.413. The summed E-state index contributed by atoms with van der Waals surface area (Å²) in [5.41, 5.74) is 0. The fourth-order valence-electron chi connectivity index (χ4n) is 0.642. The molecule has 0 spiro atoms. The predicted molar refractivity (Wildman–Crippen MR) is 39.2 cm³/mol. The lowest BCUT2D eigenvalue weighted by Gasteiger charge is -1.96. The zero-order chi connectivity index (χ0) is 8.10. The van der Waals surface area contributed by atoms with Gasteiger partial charge in [0.15, 0.2) is 0 Å². The number of hydrogen-bond donors (Lipinski definition) is 2. The van der Waals surface area contributed by atoms with E-state index in [4.69, 9.17) is 9.52 Å². The molecule has 0 aromatic carbocycles. The molecule has 5 nitrogen and oxygen atoms in total. The number of aliphatic hydroxyl groups excluding tert-OH is 1. The molecule has 0 saturated heterocycles. The van der Waals surface area contributed by atoms with E-state index in [0.29, 0.717) is 24.9 Å². The minimum atomic E-state index is 0.167. The second-order valence-electron chi connectivity index (χ2n) is 2.13. The van der Waals surface area contributed by atoms with Gasteiger partial charge in [-0.2, -0.15) is 0 Å². The summed E-state index contributed by atoms with van der Waals surface area (Å²) in [7, 11) is 0. The minimum absolute atomic E-state index is 0.167. The first-order valence-electron chi connectivity index (χ1n) is 3.48. The van der Waals surface area contributed by atoms with Gasteiger partial charge in [0.25, 0.3) is 0 Å². The zero-order valence-electron chi connectivity index (χ0n) is 6.37. The molecule has 0 bridgehead atoms. The first-order chi connectivity index (χ1) is 5.33. The van der Waals surface area contributed by atoms with Gasteiger partial charge in [0, 0.05) is 20.1 Å². The molecule has 0 saturated carbocycles. The van der Waals surface area contributed by atoms with Gasteiger partial charge in [0.05, 0.1) is 0 Å². The fourth-order valence-corrected chi connectivity index (χ4v) is 0.642. The van der Waals surface area contributed by atoms with Crippen LogP contribution in [0.2, 0.25) is 0 Å². The maximum atomic E-state index is 8.44. The SMILES string of the molecule is Cc1nnc(NCCCO)o1. The van der Waals surface area contributed by atoms with Crippen LogP contribution >= 0.6 is 0 Å². The third-order valence-corrected chi connectivity index (χ3v) is 1.14. The van der Waals surface area contributed by atoms with Crippen LogP contribution in [0.1, 0.15) is 12.3 Å². The molecule has 0 aliphatic heterocycles. The molecule has 0 unspecified atom stereocenters. The Hall–Kier alpha value is -1.10. The highest BCUT2D eigenvalue weighted by Crippen LogP contribution is 2.02. The summed E-state index contributed by atoms with van der Waals surface area (Å²) in [6.45, 7) is 2.54. The molecule has 0 aliphatic carbocycles. The van der Waals surface area contributed by atoms with Crippen LogP contribution in [0.4, 0.5) is 6.01 Å². The first-order valence-corrected chi connectivity index (χ1v) is 3.48.